The largest absolute Gasteiger partial charge is 0.497 e. The maximum Gasteiger partial charge on any atom is 0.118 e. The number of nitrogens with two attached hydrogens (primary N) is 1. The lowest BCUT2D eigenvalue weighted by molar-refractivity contribution is -0.671. The van der Waals surface area contributed by atoms with Gasteiger partial charge in [-0.2, -0.15) is 0 Å². The SMILES string of the molecule is COc1ccc(C[NH2+]CC[C@H](c2ccco2)C(C)C)cc1. The molecule has 0 amide bonds. The molecule has 2 aromatic rings. The van der Waals surface area contributed by atoms with Crippen LogP contribution in [0.1, 0.15) is 37.5 Å². The number of benzene rings is 1. The van der Waals surface area contributed by atoms with Gasteiger partial charge in [-0.05, 0) is 42.3 Å². The summed E-state index contributed by atoms with van der Waals surface area (Å²) in [6.45, 7) is 6.63. The minimum absolute atomic E-state index is 0.507. The van der Waals surface area contributed by atoms with Crippen molar-refractivity contribution in [3.63, 3.8) is 0 Å². The van der Waals surface area contributed by atoms with E-state index in [1.54, 1.807) is 13.4 Å². The molecule has 0 bridgehead atoms. The van der Waals surface area contributed by atoms with E-state index in [9.17, 15) is 0 Å². The van der Waals surface area contributed by atoms with Gasteiger partial charge in [0.15, 0.2) is 0 Å². The summed E-state index contributed by atoms with van der Waals surface area (Å²) in [4.78, 5) is 0. The molecule has 1 heterocycles. The molecule has 3 nitrogen and oxygen atoms in total. The highest BCUT2D eigenvalue weighted by Gasteiger charge is 2.18. The van der Waals surface area contributed by atoms with E-state index in [1.807, 2.05) is 18.2 Å². The highest BCUT2D eigenvalue weighted by molar-refractivity contribution is 5.26. The number of furan rings is 1. The van der Waals surface area contributed by atoms with Gasteiger partial charge in [-0.1, -0.05) is 13.8 Å². The van der Waals surface area contributed by atoms with Crippen molar-refractivity contribution in [3.05, 3.63) is 54.0 Å². The molecule has 0 fully saturated rings. The van der Waals surface area contributed by atoms with E-state index >= 15 is 0 Å². The molecule has 1 aromatic heterocycles. The number of rotatable bonds is 8. The molecule has 21 heavy (non-hydrogen) atoms. The van der Waals surface area contributed by atoms with Crippen molar-refractivity contribution in [2.75, 3.05) is 13.7 Å². The van der Waals surface area contributed by atoms with E-state index in [2.05, 4.69) is 37.4 Å². The fourth-order valence-corrected chi connectivity index (χ4v) is 2.63. The lowest BCUT2D eigenvalue weighted by Gasteiger charge is -2.17. The zero-order valence-corrected chi connectivity index (χ0v) is 13.2. The third kappa shape index (κ3) is 4.64. The molecular formula is C18H26NO2+. The zero-order chi connectivity index (χ0) is 15.1. The Morgan fingerprint density at radius 1 is 1.14 bits per heavy atom. The smallest absolute Gasteiger partial charge is 0.118 e. The Morgan fingerprint density at radius 2 is 1.90 bits per heavy atom. The summed E-state index contributed by atoms with van der Waals surface area (Å²) in [6.07, 6.45) is 2.91. The summed E-state index contributed by atoms with van der Waals surface area (Å²) in [7, 11) is 1.70. The van der Waals surface area contributed by atoms with Crippen LogP contribution in [-0.4, -0.2) is 13.7 Å². The van der Waals surface area contributed by atoms with Gasteiger partial charge in [0.2, 0.25) is 0 Å². The van der Waals surface area contributed by atoms with Gasteiger partial charge in [0.1, 0.15) is 18.1 Å². The molecule has 3 heteroatoms. The first-order chi connectivity index (χ1) is 10.2. The van der Waals surface area contributed by atoms with E-state index in [1.165, 1.54) is 5.56 Å². The average Bonchev–Trinajstić information content (AvgIpc) is 3.01. The first kappa shape index (κ1) is 15.6. The molecule has 1 atom stereocenters. The number of quaternary nitrogens is 1. The van der Waals surface area contributed by atoms with Crippen LogP contribution in [0.5, 0.6) is 5.75 Å². The van der Waals surface area contributed by atoms with Crippen LogP contribution in [0.2, 0.25) is 0 Å². The van der Waals surface area contributed by atoms with Crippen molar-refractivity contribution in [1.29, 1.82) is 0 Å². The van der Waals surface area contributed by atoms with E-state index in [-0.39, 0.29) is 0 Å². The highest BCUT2D eigenvalue weighted by Crippen LogP contribution is 2.27. The van der Waals surface area contributed by atoms with E-state index < -0.39 is 0 Å². The van der Waals surface area contributed by atoms with Gasteiger partial charge < -0.3 is 14.5 Å². The lowest BCUT2D eigenvalue weighted by atomic mass is 9.90. The molecule has 114 valence electrons. The zero-order valence-electron chi connectivity index (χ0n) is 13.2. The maximum atomic E-state index is 5.57. The van der Waals surface area contributed by atoms with Crippen LogP contribution in [-0.2, 0) is 6.54 Å². The molecule has 2 rings (SSSR count). The molecular weight excluding hydrogens is 262 g/mol. The van der Waals surface area contributed by atoms with Crippen LogP contribution in [0.25, 0.3) is 0 Å². The quantitative estimate of drug-likeness (QED) is 0.758. The van der Waals surface area contributed by atoms with Crippen LogP contribution >= 0.6 is 0 Å². The lowest BCUT2D eigenvalue weighted by Crippen LogP contribution is -2.82. The number of hydrogen-bond acceptors (Lipinski definition) is 2. The summed E-state index contributed by atoms with van der Waals surface area (Å²) < 4.78 is 10.7. The summed E-state index contributed by atoms with van der Waals surface area (Å²) in [5.74, 6) is 3.14. The molecule has 0 aliphatic rings. The van der Waals surface area contributed by atoms with Crippen molar-refractivity contribution in [2.24, 2.45) is 5.92 Å². The van der Waals surface area contributed by atoms with Gasteiger partial charge in [-0.25, -0.2) is 0 Å². The minimum atomic E-state index is 0.507. The Balaban J connectivity index is 1.77. The topological polar surface area (TPSA) is 39.0 Å². The molecule has 2 N–H and O–H groups in total. The third-order valence-electron chi connectivity index (χ3n) is 3.93. The Labute approximate surface area is 127 Å². The summed E-state index contributed by atoms with van der Waals surface area (Å²) in [6, 6.07) is 12.4. The third-order valence-corrected chi connectivity index (χ3v) is 3.93. The van der Waals surface area contributed by atoms with Crippen molar-refractivity contribution in [2.45, 2.75) is 32.7 Å². The molecule has 0 aliphatic carbocycles. The van der Waals surface area contributed by atoms with Crippen molar-refractivity contribution in [3.8, 4) is 5.75 Å². The van der Waals surface area contributed by atoms with Gasteiger partial charge in [0.25, 0.3) is 0 Å². The standard InChI is InChI=1S/C18H25NO2/c1-14(2)17(18-5-4-12-21-18)10-11-19-13-15-6-8-16(20-3)9-7-15/h4-9,12,14,17,19H,10-11,13H2,1-3H3/p+1/t17-/m0/s1. The molecule has 0 unspecified atom stereocenters. The van der Waals surface area contributed by atoms with Crippen LogP contribution in [0, 0.1) is 5.92 Å². The van der Waals surface area contributed by atoms with Crippen LogP contribution in [0.15, 0.2) is 47.1 Å². The number of methoxy groups -OCH3 is 1. The predicted molar refractivity (Wildman–Crippen MR) is 84.4 cm³/mol. The molecule has 0 aliphatic heterocycles. The molecule has 1 aromatic carbocycles. The molecule has 0 spiro atoms. The van der Waals surface area contributed by atoms with Gasteiger partial charge in [0, 0.05) is 17.9 Å². The first-order valence-electron chi connectivity index (χ1n) is 7.68. The first-order valence-corrected chi connectivity index (χ1v) is 7.68. The summed E-state index contributed by atoms with van der Waals surface area (Å²) in [5, 5.41) is 2.36. The number of ether oxygens (including phenoxy) is 1. The van der Waals surface area contributed by atoms with Crippen molar-refractivity contribution < 1.29 is 14.5 Å². The van der Waals surface area contributed by atoms with Crippen molar-refractivity contribution >= 4 is 0 Å². The monoisotopic (exact) mass is 288 g/mol. The van der Waals surface area contributed by atoms with Crippen LogP contribution < -0.4 is 10.1 Å². The van der Waals surface area contributed by atoms with Crippen molar-refractivity contribution in [1.82, 2.24) is 0 Å². The van der Waals surface area contributed by atoms with Crippen LogP contribution in [0.3, 0.4) is 0 Å². The van der Waals surface area contributed by atoms with Gasteiger partial charge >= 0.3 is 0 Å². The molecule has 0 radical (unpaired) electrons. The molecule has 0 saturated heterocycles. The Bertz CT molecular complexity index is 503. The van der Waals surface area contributed by atoms with E-state index in [0.29, 0.717) is 11.8 Å². The van der Waals surface area contributed by atoms with Gasteiger partial charge in [0.05, 0.1) is 19.9 Å². The van der Waals surface area contributed by atoms with Gasteiger partial charge in [-0.3, -0.25) is 0 Å². The summed E-state index contributed by atoms with van der Waals surface area (Å²) in [5.41, 5.74) is 1.33. The fraction of sp³-hybridized carbons (Fsp3) is 0.444. The Kier molecular flexibility index (Phi) is 5.88. The van der Waals surface area contributed by atoms with E-state index in [0.717, 1.165) is 31.0 Å². The maximum absolute atomic E-state index is 5.57. The predicted octanol–water partition coefficient (Wildman–Crippen LogP) is 3.18. The molecule has 0 saturated carbocycles. The Hall–Kier alpha value is -1.74. The second-order valence-electron chi connectivity index (χ2n) is 5.78. The Morgan fingerprint density at radius 3 is 2.48 bits per heavy atom. The second-order valence-corrected chi connectivity index (χ2v) is 5.78. The highest BCUT2D eigenvalue weighted by atomic mass is 16.5. The van der Waals surface area contributed by atoms with Crippen LogP contribution in [0.4, 0.5) is 0 Å². The summed E-state index contributed by atoms with van der Waals surface area (Å²) >= 11 is 0. The number of hydrogen-bond donors (Lipinski definition) is 1. The second kappa shape index (κ2) is 7.89. The average molecular weight is 288 g/mol. The fourth-order valence-electron chi connectivity index (χ4n) is 2.63. The van der Waals surface area contributed by atoms with E-state index in [4.69, 9.17) is 9.15 Å². The minimum Gasteiger partial charge on any atom is -0.497 e. The normalized spacial score (nSPS) is 12.6. The van der Waals surface area contributed by atoms with Gasteiger partial charge in [-0.15, -0.1) is 0 Å².